The third-order valence-electron chi connectivity index (χ3n) is 1.15. The van der Waals surface area contributed by atoms with Crippen LogP contribution < -0.4 is 0 Å². The molecule has 0 amide bonds. The van der Waals surface area contributed by atoms with E-state index in [1.807, 2.05) is 13.8 Å². The van der Waals surface area contributed by atoms with E-state index in [0.29, 0.717) is 5.02 Å². The van der Waals surface area contributed by atoms with Crippen LogP contribution in [0.2, 0.25) is 5.02 Å². The third-order valence-corrected chi connectivity index (χ3v) is 2.33. The van der Waals surface area contributed by atoms with Crippen LogP contribution in [0.1, 0.15) is 13.8 Å². The third kappa shape index (κ3) is 3.88. The highest BCUT2D eigenvalue weighted by Crippen LogP contribution is 2.11. The van der Waals surface area contributed by atoms with E-state index in [0.717, 1.165) is 4.90 Å². The van der Waals surface area contributed by atoms with Gasteiger partial charge < -0.3 is 0 Å². The maximum absolute atomic E-state index is 10.8. The van der Waals surface area contributed by atoms with Crippen LogP contribution >= 0.6 is 11.6 Å². The zero-order valence-corrected chi connectivity index (χ0v) is 9.08. The zero-order valence-electron chi connectivity index (χ0n) is 7.50. The molecule has 0 aromatic heterocycles. The Kier molecular flexibility index (Phi) is 6.03. The van der Waals surface area contributed by atoms with Gasteiger partial charge >= 0.3 is 0 Å². The van der Waals surface area contributed by atoms with Crippen LogP contribution in [0.3, 0.4) is 0 Å². The maximum atomic E-state index is 10.8. The molecule has 0 aliphatic rings. The molecule has 0 spiro atoms. The van der Waals surface area contributed by atoms with E-state index < -0.39 is 10.8 Å². The number of benzene rings is 1. The molecule has 0 radical (unpaired) electrons. The Hall–Kier alpha value is -0.340. The molecule has 1 nitrogen and oxygen atoms in total. The minimum absolute atomic E-state index is 0.675. The van der Waals surface area contributed by atoms with E-state index in [4.69, 9.17) is 11.6 Å². The average Bonchev–Trinajstić information content (AvgIpc) is 2.09. The van der Waals surface area contributed by atoms with E-state index in [2.05, 4.69) is 0 Å². The minimum atomic E-state index is -0.896. The van der Waals surface area contributed by atoms with Crippen molar-refractivity contribution in [3.63, 3.8) is 0 Å². The zero-order chi connectivity index (χ0) is 9.56. The second-order valence-corrected chi connectivity index (χ2v) is 3.72. The molecule has 1 atom stereocenters. The van der Waals surface area contributed by atoms with Crippen LogP contribution in [0.15, 0.2) is 29.2 Å². The summed E-state index contributed by atoms with van der Waals surface area (Å²) in [6.07, 6.45) is 1.64. The molecule has 0 saturated heterocycles. The summed E-state index contributed by atoms with van der Waals surface area (Å²) in [6.45, 7) is 4.00. The summed E-state index contributed by atoms with van der Waals surface area (Å²) in [4.78, 5) is 0.810. The van der Waals surface area contributed by atoms with Gasteiger partial charge in [0, 0.05) is 27.0 Å². The predicted molar refractivity (Wildman–Crippen MR) is 55.1 cm³/mol. The smallest absolute Gasteiger partial charge is 0.0498 e. The number of halogens is 1. The van der Waals surface area contributed by atoms with Crippen molar-refractivity contribution in [3.8, 4) is 0 Å². The Bertz CT molecular complexity index is 243. The highest BCUT2D eigenvalue weighted by Gasteiger charge is 1.94. The molecule has 1 unspecified atom stereocenters. The van der Waals surface area contributed by atoms with Crippen molar-refractivity contribution in [1.29, 1.82) is 0 Å². The van der Waals surface area contributed by atoms with Crippen molar-refractivity contribution < 1.29 is 4.21 Å². The summed E-state index contributed by atoms with van der Waals surface area (Å²) in [6, 6.07) is 6.99. The molecule has 0 aliphatic heterocycles. The lowest BCUT2D eigenvalue weighted by atomic mass is 10.4. The summed E-state index contributed by atoms with van der Waals surface area (Å²) in [5.74, 6) is 0. The van der Waals surface area contributed by atoms with Gasteiger partial charge in [-0.25, -0.2) is 0 Å². The fraction of sp³-hybridized carbons (Fsp3) is 0.333. The molecule has 1 aromatic carbocycles. The normalized spacial score (nSPS) is 11.3. The molecule has 0 saturated carbocycles. The molecule has 3 heteroatoms. The number of rotatable bonds is 1. The second kappa shape index (κ2) is 6.21. The first kappa shape index (κ1) is 11.7. The summed E-state index contributed by atoms with van der Waals surface area (Å²) < 4.78 is 10.8. The lowest BCUT2D eigenvalue weighted by Crippen LogP contribution is -1.84. The van der Waals surface area contributed by atoms with E-state index in [1.54, 1.807) is 30.5 Å². The van der Waals surface area contributed by atoms with E-state index >= 15 is 0 Å². The van der Waals surface area contributed by atoms with Crippen molar-refractivity contribution in [2.24, 2.45) is 0 Å². The number of hydrogen-bond acceptors (Lipinski definition) is 1. The largest absolute Gasteiger partial charge is 0.255 e. The van der Waals surface area contributed by atoms with Gasteiger partial charge in [-0.2, -0.15) is 0 Å². The Morgan fingerprint density at radius 2 is 1.58 bits per heavy atom. The first-order chi connectivity index (χ1) is 5.70. The molecular formula is C9H13ClOS. The van der Waals surface area contributed by atoms with Gasteiger partial charge in [0.1, 0.15) is 0 Å². The van der Waals surface area contributed by atoms with Gasteiger partial charge in [-0.15, -0.1) is 0 Å². The average molecular weight is 205 g/mol. The van der Waals surface area contributed by atoms with Crippen molar-refractivity contribution in [2.45, 2.75) is 18.7 Å². The molecular weight excluding hydrogens is 192 g/mol. The predicted octanol–water partition coefficient (Wildman–Crippen LogP) is 3.10. The van der Waals surface area contributed by atoms with Crippen LogP contribution in [0.25, 0.3) is 0 Å². The lowest BCUT2D eigenvalue weighted by Gasteiger charge is -1.93. The Balaban J connectivity index is 0.000000561. The van der Waals surface area contributed by atoms with Gasteiger partial charge in [-0.3, -0.25) is 4.21 Å². The van der Waals surface area contributed by atoms with Crippen molar-refractivity contribution in [2.75, 3.05) is 6.26 Å². The van der Waals surface area contributed by atoms with Crippen molar-refractivity contribution in [3.05, 3.63) is 29.3 Å². The first-order valence-electron chi connectivity index (χ1n) is 3.79. The van der Waals surface area contributed by atoms with E-state index in [9.17, 15) is 4.21 Å². The van der Waals surface area contributed by atoms with Gasteiger partial charge in [0.15, 0.2) is 0 Å². The molecule has 68 valence electrons. The molecule has 0 heterocycles. The van der Waals surface area contributed by atoms with Crippen LogP contribution in [0.4, 0.5) is 0 Å². The van der Waals surface area contributed by atoms with Crippen LogP contribution in [-0.4, -0.2) is 10.5 Å². The second-order valence-electron chi connectivity index (χ2n) is 1.91. The molecule has 0 fully saturated rings. The van der Waals surface area contributed by atoms with Gasteiger partial charge in [0.05, 0.1) is 0 Å². The minimum Gasteiger partial charge on any atom is -0.255 e. The van der Waals surface area contributed by atoms with Gasteiger partial charge in [0.2, 0.25) is 0 Å². The SMILES string of the molecule is CC.CS(=O)c1ccc(Cl)cc1. The van der Waals surface area contributed by atoms with Crippen molar-refractivity contribution >= 4 is 22.4 Å². The maximum Gasteiger partial charge on any atom is 0.0498 e. The first-order valence-corrected chi connectivity index (χ1v) is 5.73. The Morgan fingerprint density at radius 3 is 1.92 bits per heavy atom. The quantitative estimate of drug-likeness (QED) is 0.687. The lowest BCUT2D eigenvalue weighted by molar-refractivity contribution is 0.687. The van der Waals surface area contributed by atoms with Crippen molar-refractivity contribution in [1.82, 2.24) is 0 Å². The number of hydrogen-bond donors (Lipinski definition) is 0. The summed E-state index contributed by atoms with van der Waals surface area (Å²) in [5, 5.41) is 0.675. The van der Waals surface area contributed by atoms with Crippen LogP contribution in [-0.2, 0) is 10.8 Å². The Morgan fingerprint density at radius 1 is 1.17 bits per heavy atom. The highest BCUT2D eigenvalue weighted by atomic mass is 35.5. The van der Waals surface area contributed by atoms with E-state index in [-0.39, 0.29) is 0 Å². The highest BCUT2D eigenvalue weighted by molar-refractivity contribution is 7.84. The van der Waals surface area contributed by atoms with E-state index in [1.165, 1.54) is 0 Å². The molecule has 0 bridgehead atoms. The Labute approximate surface area is 81.2 Å². The van der Waals surface area contributed by atoms with Gasteiger partial charge in [0.25, 0.3) is 0 Å². The standard InChI is InChI=1S/C7H7ClOS.C2H6/c1-10(9)7-4-2-6(8)3-5-7;1-2/h2-5H,1H3;1-2H3. The van der Waals surface area contributed by atoms with Crippen LogP contribution in [0.5, 0.6) is 0 Å². The summed E-state index contributed by atoms with van der Waals surface area (Å²) in [7, 11) is -0.896. The fourth-order valence-corrected chi connectivity index (χ4v) is 1.27. The van der Waals surface area contributed by atoms with Gasteiger partial charge in [-0.1, -0.05) is 25.4 Å². The molecule has 1 rings (SSSR count). The molecule has 1 aromatic rings. The molecule has 12 heavy (non-hydrogen) atoms. The van der Waals surface area contributed by atoms with Crippen LogP contribution in [0, 0.1) is 0 Å². The summed E-state index contributed by atoms with van der Waals surface area (Å²) in [5.41, 5.74) is 0. The molecule has 0 N–H and O–H groups in total. The molecule has 0 aliphatic carbocycles. The topological polar surface area (TPSA) is 17.1 Å². The summed E-state index contributed by atoms with van der Waals surface area (Å²) >= 11 is 5.62. The fourth-order valence-electron chi connectivity index (χ4n) is 0.626. The van der Waals surface area contributed by atoms with Gasteiger partial charge in [-0.05, 0) is 24.3 Å². The monoisotopic (exact) mass is 204 g/mol.